The fraction of sp³-hybridized carbons (Fsp3) is 0.538. The van der Waals surface area contributed by atoms with Crippen molar-refractivity contribution in [3.05, 3.63) is 24.0 Å². The van der Waals surface area contributed by atoms with Crippen LogP contribution in [0.2, 0.25) is 0 Å². The molecule has 2 rings (SSSR count). The molecule has 1 saturated carbocycles. The van der Waals surface area contributed by atoms with Gasteiger partial charge in [0, 0.05) is 17.2 Å². The summed E-state index contributed by atoms with van der Waals surface area (Å²) in [7, 11) is 0. The summed E-state index contributed by atoms with van der Waals surface area (Å²) in [6.45, 7) is 4.72. The van der Waals surface area contributed by atoms with Gasteiger partial charge in [0.05, 0.1) is 12.8 Å². The Morgan fingerprint density at radius 3 is 2.88 bits per heavy atom. The van der Waals surface area contributed by atoms with E-state index in [0.717, 1.165) is 19.3 Å². The molecule has 1 aliphatic rings. The van der Waals surface area contributed by atoms with Crippen LogP contribution in [0.25, 0.3) is 0 Å². The fourth-order valence-electron chi connectivity index (χ4n) is 1.60. The Kier molecular flexibility index (Phi) is 2.95. The van der Waals surface area contributed by atoms with Crippen molar-refractivity contribution in [1.82, 2.24) is 4.98 Å². The predicted octanol–water partition coefficient (Wildman–Crippen LogP) is 2.85. The molecule has 0 N–H and O–H groups in total. The number of ketones is 1. The number of hydrogen-bond acceptors (Lipinski definition) is 3. The first-order valence-corrected chi connectivity index (χ1v) is 5.78. The maximum absolute atomic E-state index is 12.1. The Labute approximate surface area is 95.8 Å². The van der Waals surface area contributed by atoms with E-state index in [9.17, 15) is 4.79 Å². The first kappa shape index (κ1) is 11.1. The summed E-state index contributed by atoms with van der Waals surface area (Å²) >= 11 is 0. The molecule has 0 bridgehead atoms. The van der Waals surface area contributed by atoms with Crippen molar-refractivity contribution in [2.24, 2.45) is 5.41 Å². The molecule has 1 aromatic rings. The zero-order chi connectivity index (χ0) is 11.6. The fourth-order valence-corrected chi connectivity index (χ4v) is 1.60. The number of carbonyl (C=O) groups is 1. The topological polar surface area (TPSA) is 39.2 Å². The van der Waals surface area contributed by atoms with Gasteiger partial charge < -0.3 is 4.74 Å². The van der Waals surface area contributed by atoms with Crippen molar-refractivity contribution in [1.29, 1.82) is 0 Å². The largest absolute Gasteiger partial charge is 0.492 e. The molecule has 0 radical (unpaired) electrons. The maximum Gasteiger partial charge on any atom is 0.170 e. The van der Waals surface area contributed by atoms with Gasteiger partial charge in [0.25, 0.3) is 0 Å². The molecular formula is C13H17NO2. The van der Waals surface area contributed by atoms with E-state index in [-0.39, 0.29) is 11.2 Å². The highest BCUT2D eigenvalue weighted by molar-refractivity contribution is 6.01. The van der Waals surface area contributed by atoms with E-state index in [2.05, 4.69) is 4.98 Å². The van der Waals surface area contributed by atoms with E-state index in [1.54, 1.807) is 18.5 Å². The van der Waals surface area contributed by atoms with Gasteiger partial charge in [0.15, 0.2) is 5.78 Å². The highest BCUT2D eigenvalue weighted by Crippen LogP contribution is 2.47. The Bertz CT molecular complexity index is 397. The second kappa shape index (κ2) is 4.24. The average Bonchev–Trinajstić information content (AvgIpc) is 3.05. The molecular weight excluding hydrogens is 202 g/mol. The molecule has 16 heavy (non-hydrogen) atoms. The highest BCUT2D eigenvalue weighted by atomic mass is 16.5. The van der Waals surface area contributed by atoms with E-state index in [0.29, 0.717) is 17.9 Å². The SMILES string of the molecule is CCCOc1cncc(C(=O)C2(C)CC2)c1. The molecule has 0 aliphatic heterocycles. The van der Waals surface area contributed by atoms with Crippen LogP contribution >= 0.6 is 0 Å². The molecule has 0 atom stereocenters. The van der Waals surface area contributed by atoms with E-state index in [4.69, 9.17) is 4.74 Å². The van der Waals surface area contributed by atoms with Crippen LogP contribution in [0.3, 0.4) is 0 Å². The number of hydrogen-bond donors (Lipinski definition) is 0. The summed E-state index contributed by atoms with van der Waals surface area (Å²) in [5.74, 6) is 0.888. The zero-order valence-electron chi connectivity index (χ0n) is 9.82. The minimum Gasteiger partial charge on any atom is -0.492 e. The van der Waals surface area contributed by atoms with E-state index >= 15 is 0 Å². The van der Waals surface area contributed by atoms with Crippen molar-refractivity contribution in [2.45, 2.75) is 33.1 Å². The number of carbonyl (C=O) groups excluding carboxylic acids is 1. The highest BCUT2D eigenvalue weighted by Gasteiger charge is 2.45. The summed E-state index contributed by atoms with van der Waals surface area (Å²) in [5, 5.41) is 0. The smallest absolute Gasteiger partial charge is 0.170 e. The number of pyridine rings is 1. The first-order chi connectivity index (χ1) is 7.65. The standard InChI is InChI=1S/C13H17NO2/c1-3-6-16-11-7-10(8-14-9-11)12(15)13(2)4-5-13/h7-9H,3-6H2,1-2H3. The average molecular weight is 219 g/mol. The van der Waals surface area contributed by atoms with Crippen LogP contribution in [0.5, 0.6) is 5.75 Å². The third-order valence-electron chi connectivity index (χ3n) is 3.00. The van der Waals surface area contributed by atoms with Crippen LogP contribution in [0.4, 0.5) is 0 Å². The number of aromatic nitrogens is 1. The number of ether oxygens (including phenoxy) is 1. The van der Waals surface area contributed by atoms with Crippen molar-refractivity contribution in [3.8, 4) is 5.75 Å². The molecule has 3 heteroatoms. The summed E-state index contributed by atoms with van der Waals surface area (Å²) in [4.78, 5) is 16.1. The van der Waals surface area contributed by atoms with Gasteiger partial charge in [-0.1, -0.05) is 13.8 Å². The second-order valence-corrected chi connectivity index (χ2v) is 4.65. The van der Waals surface area contributed by atoms with E-state index in [1.165, 1.54) is 0 Å². The van der Waals surface area contributed by atoms with E-state index in [1.807, 2.05) is 13.8 Å². The third-order valence-corrected chi connectivity index (χ3v) is 3.00. The predicted molar refractivity (Wildman–Crippen MR) is 61.7 cm³/mol. The second-order valence-electron chi connectivity index (χ2n) is 4.65. The van der Waals surface area contributed by atoms with Crippen LogP contribution in [0, 0.1) is 5.41 Å². The number of nitrogens with zero attached hydrogens (tertiary/aromatic N) is 1. The normalized spacial score (nSPS) is 16.9. The van der Waals surface area contributed by atoms with Gasteiger partial charge in [0.1, 0.15) is 5.75 Å². The molecule has 1 heterocycles. The molecule has 1 fully saturated rings. The van der Waals surface area contributed by atoms with Gasteiger partial charge in [0.2, 0.25) is 0 Å². The number of Topliss-reactive ketones (excluding diaryl/α,β-unsaturated/α-hetero) is 1. The molecule has 0 saturated heterocycles. The lowest BCUT2D eigenvalue weighted by molar-refractivity contribution is 0.0911. The molecule has 0 unspecified atom stereocenters. The van der Waals surface area contributed by atoms with Gasteiger partial charge in [-0.2, -0.15) is 0 Å². The van der Waals surface area contributed by atoms with Gasteiger partial charge >= 0.3 is 0 Å². The third kappa shape index (κ3) is 2.23. The maximum atomic E-state index is 12.1. The minimum absolute atomic E-state index is 0.134. The molecule has 0 amide bonds. The van der Waals surface area contributed by atoms with Gasteiger partial charge in [-0.05, 0) is 25.3 Å². The van der Waals surface area contributed by atoms with Crippen LogP contribution in [0.1, 0.15) is 43.5 Å². The minimum atomic E-state index is -0.134. The monoisotopic (exact) mass is 219 g/mol. The van der Waals surface area contributed by atoms with Crippen molar-refractivity contribution >= 4 is 5.78 Å². The summed E-state index contributed by atoms with van der Waals surface area (Å²) in [6, 6.07) is 1.80. The lowest BCUT2D eigenvalue weighted by Gasteiger charge is -2.09. The van der Waals surface area contributed by atoms with Crippen LogP contribution < -0.4 is 4.74 Å². The van der Waals surface area contributed by atoms with Crippen molar-refractivity contribution < 1.29 is 9.53 Å². The van der Waals surface area contributed by atoms with Gasteiger partial charge in [-0.25, -0.2) is 0 Å². The summed E-state index contributed by atoms with van der Waals surface area (Å²) < 4.78 is 5.46. The van der Waals surface area contributed by atoms with Crippen LogP contribution in [-0.4, -0.2) is 17.4 Å². The molecule has 1 aliphatic carbocycles. The number of rotatable bonds is 5. The van der Waals surface area contributed by atoms with Crippen LogP contribution in [0.15, 0.2) is 18.5 Å². The Balaban J connectivity index is 2.12. The molecule has 0 aromatic carbocycles. The molecule has 86 valence electrons. The Hall–Kier alpha value is -1.38. The Morgan fingerprint density at radius 1 is 1.50 bits per heavy atom. The van der Waals surface area contributed by atoms with Gasteiger partial charge in [-0.3, -0.25) is 9.78 Å². The molecule has 1 aromatic heterocycles. The zero-order valence-corrected chi connectivity index (χ0v) is 9.82. The summed E-state index contributed by atoms with van der Waals surface area (Å²) in [6.07, 6.45) is 6.22. The molecule has 0 spiro atoms. The van der Waals surface area contributed by atoms with E-state index < -0.39 is 0 Å². The Morgan fingerprint density at radius 2 is 2.25 bits per heavy atom. The quantitative estimate of drug-likeness (QED) is 0.715. The van der Waals surface area contributed by atoms with Crippen molar-refractivity contribution in [2.75, 3.05) is 6.61 Å². The van der Waals surface area contributed by atoms with Crippen LogP contribution in [-0.2, 0) is 0 Å². The summed E-state index contributed by atoms with van der Waals surface area (Å²) in [5.41, 5.74) is 0.541. The first-order valence-electron chi connectivity index (χ1n) is 5.78. The molecule has 3 nitrogen and oxygen atoms in total. The lowest BCUT2D eigenvalue weighted by atomic mass is 9.98. The van der Waals surface area contributed by atoms with Gasteiger partial charge in [-0.15, -0.1) is 0 Å². The van der Waals surface area contributed by atoms with Crippen molar-refractivity contribution in [3.63, 3.8) is 0 Å². The lowest BCUT2D eigenvalue weighted by Crippen LogP contribution is -2.12.